The molecule has 4 nitrogen and oxygen atoms in total. The zero-order valence-corrected chi connectivity index (χ0v) is 16.2. The maximum absolute atomic E-state index is 12.9. The number of ether oxygens (including phenoxy) is 2. The fraction of sp³-hybridized carbons (Fsp3) is 0. The van der Waals surface area contributed by atoms with Crippen LogP contribution >= 0.6 is 0 Å². The van der Waals surface area contributed by atoms with Crippen LogP contribution in [0.2, 0.25) is 0 Å². The SMILES string of the molecule is Fc1ccc(Oc2ccc(O[B]Oc3ccc(Oc4ccc(F)cc4)cc3)cc2)cc1. The molecule has 0 unspecified atom stereocenters. The van der Waals surface area contributed by atoms with Crippen molar-refractivity contribution in [1.29, 1.82) is 0 Å². The number of benzene rings is 4. The van der Waals surface area contributed by atoms with Crippen molar-refractivity contribution in [2.24, 2.45) is 0 Å². The van der Waals surface area contributed by atoms with Crippen molar-refractivity contribution >= 4 is 7.69 Å². The van der Waals surface area contributed by atoms with E-state index < -0.39 is 0 Å². The summed E-state index contributed by atoms with van der Waals surface area (Å²) in [6.07, 6.45) is 0. The number of rotatable bonds is 8. The van der Waals surface area contributed by atoms with E-state index in [2.05, 4.69) is 0 Å². The molecule has 31 heavy (non-hydrogen) atoms. The van der Waals surface area contributed by atoms with Gasteiger partial charge in [0.2, 0.25) is 0 Å². The fourth-order valence-corrected chi connectivity index (χ4v) is 2.59. The minimum atomic E-state index is -0.318. The molecule has 0 aliphatic rings. The summed E-state index contributed by atoms with van der Waals surface area (Å²) in [6, 6.07) is 25.4. The van der Waals surface area contributed by atoms with Crippen LogP contribution in [-0.2, 0) is 0 Å². The Morgan fingerprint density at radius 3 is 0.968 bits per heavy atom. The van der Waals surface area contributed by atoms with Gasteiger partial charge in [0, 0.05) is 0 Å². The maximum atomic E-state index is 12.9. The average molecular weight is 417 g/mol. The third-order valence-corrected chi connectivity index (χ3v) is 4.11. The Balaban J connectivity index is 1.24. The molecular weight excluding hydrogens is 401 g/mol. The highest BCUT2D eigenvalue weighted by Crippen LogP contribution is 2.25. The van der Waals surface area contributed by atoms with Gasteiger partial charge < -0.3 is 18.8 Å². The topological polar surface area (TPSA) is 36.9 Å². The smallest absolute Gasteiger partial charge is 0.526 e. The van der Waals surface area contributed by atoms with E-state index in [1.165, 1.54) is 32.0 Å². The van der Waals surface area contributed by atoms with E-state index in [0.29, 0.717) is 34.5 Å². The summed E-state index contributed by atoms with van der Waals surface area (Å²) in [7, 11) is 1.21. The van der Waals surface area contributed by atoms with Gasteiger partial charge in [0.25, 0.3) is 0 Å². The molecule has 0 atom stereocenters. The molecule has 4 aromatic carbocycles. The zero-order valence-electron chi connectivity index (χ0n) is 16.2. The van der Waals surface area contributed by atoms with Gasteiger partial charge in [0.1, 0.15) is 46.1 Å². The first kappa shape index (κ1) is 20.3. The van der Waals surface area contributed by atoms with Crippen LogP contribution in [0.3, 0.4) is 0 Å². The summed E-state index contributed by atoms with van der Waals surface area (Å²) < 4.78 is 48.0. The lowest BCUT2D eigenvalue weighted by atomic mass is 10.2. The minimum Gasteiger partial charge on any atom is -0.526 e. The monoisotopic (exact) mass is 417 g/mol. The predicted molar refractivity (Wildman–Crippen MR) is 113 cm³/mol. The molecule has 0 aliphatic carbocycles. The van der Waals surface area contributed by atoms with E-state index in [9.17, 15) is 8.78 Å². The van der Waals surface area contributed by atoms with Gasteiger partial charge in [0.15, 0.2) is 0 Å². The summed E-state index contributed by atoms with van der Waals surface area (Å²) >= 11 is 0. The van der Waals surface area contributed by atoms with E-state index in [1.807, 2.05) is 0 Å². The van der Waals surface area contributed by atoms with Crippen molar-refractivity contribution in [3.63, 3.8) is 0 Å². The molecule has 0 amide bonds. The Morgan fingerprint density at radius 1 is 0.387 bits per heavy atom. The summed E-state index contributed by atoms with van der Waals surface area (Å²) in [5.74, 6) is 2.75. The fourth-order valence-electron chi connectivity index (χ4n) is 2.59. The normalized spacial score (nSPS) is 10.3. The lowest BCUT2D eigenvalue weighted by molar-refractivity contribution is 0.452. The van der Waals surface area contributed by atoms with Crippen LogP contribution in [0.1, 0.15) is 0 Å². The molecule has 153 valence electrons. The molecular formula is C24H16BF2O4. The first-order valence-electron chi connectivity index (χ1n) is 9.36. The largest absolute Gasteiger partial charge is 0.658 e. The van der Waals surface area contributed by atoms with Crippen molar-refractivity contribution in [3.05, 3.63) is 109 Å². The number of halogens is 2. The van der Waals surface area contributed by atoms with Crippen LogP contribution in [0.25, 0.3) is 0 Å². The molecule has 7 heteroatoms. The first-order valence-corrected chi connectivity index (χ1v) is 9.36. The lowest BCUT2D eigenvalue weighted by Gasteiger charge is -2.09. The second-order valence-electron chi connectivity index (χ2n) is 6.39. The molecule has 4 rings (SSSR count). The molecule has 0 aliphatic heterocycles. The van der Waals surface area contributed by atoms with Crippen LogP contribution < -0.4 is 18.8 Å². The lowest BCUT2D eigenvalue weighted by Crippen LogP contribution is -2.10. The second kappa shape index (κ2) is 9.67. The van der Waals surface area contributed by atoms with Crippen LogP contribution in [-0.4, -0.2) is 7.69 Å². The van der Waals surface area contributed by atoms with Gasteiger partial charge in [-0.05, 0) is 97.1 Å². The second-order valence-corrected chi connectivity index (χ2v) is 6.39. The van der Waals surface area contributed by atoms with E-state index >= 15 is 0 Å². The van der Waals surface area contributed by atoms with Crippen molar-refractivity contribution in [1.82, 2.24) is 0 Å². The first-order chi connectivity index (χ1) is 15.1. The standard InChI is InChI=1S/C24H16BF2O4/c26-17-1-5-19(6-2-17)28-21-9-13-23(14-10-21)30-25-31-24-15-11-22(12-16-24)29-20-7-3-18(27)4-8-20/h1-16H. The van der Waals surface area contributed by atoms with E-state index in [4.69, 9.17) is 18.8 Å². The number of hydrogen-bond donors (Lipinski definition) is 0. The van der Waals surface area contributed by atoms with Crippen LogP contribution in [0.5, 0.6) is 34.5 Å². The Labute approximate surface area is 178 Å². The summed E-state index contributed by atoms with van der Waals surface area (Å²) in [5.41, 5.74) is 0. The molecule has 0 spiro atoms. The van der Waals surface area contributed by atoms with Crippen molar-refractivity contribution in [2.45, 2.75) is 0 Å². The van der Waals surface area contributed by atoms with E-state index in [0.717, 1.165) is 0 Å². The predicted octanol–water partition coefficient (Wildman–Crippen LogP) is 6.54. The van der Waals surface area contributed by atoms with Gasteiger partial charge in [0.05, 0.1) is 0 Å². The average Bonchev–Trinajstić information content (AvgIpc) is 2.79. The molecule has 0 bridgehead atoms. The molecule has 0 heterocycles. The Bertz CT molecular complexity index is 1010. The van der Waals surface area contributed by atoms with Gasteiger partial charge >= 0.3 is 7.69 Å². The van der Waals surface area contributed by atoms with Crippen LogP contribution in [0.15, 0.2) is 97.1 Å². The Kier molecular flexibility index (Phi) is 6.33. The Hall–Kier alpha value is -4.00. The summed E-state index contributed by atoms with van der Waals surface area (Å²) in [5, 5.41) is 0. The summed E-state index contributed by atoms with van der Waals surface area (Å²) in [4.78, 5) is 0. The third-order valence-electron chi connectivity index (χ3n) is 4.11. The quantitative estimate of drug-likeness (QED) is 0.305. The van der Waals surface area contributed by atoms with E-state index in [1.54, 1.807) is 72.8 Å². The molecule has 0 fully saturated rings. The highest BCUT2D eigenvalue weighted by Gasteiger charge is 2.04. The zero-order chi connectivity index (χ0) is 21.5. The minimum absolute atomic E-state index is 0.318. The van der Waals surface area contributed by atoms with Gasteiger partial charge in [-0.3, -0.25) is 0 Å². The molecule has 4 aromatic rings. The molecule has 1 radical (unpaired) electrons. The third kappa shape index (κ3) is 5.99. The molecule has 0 N–H and O–H groups in total. The number of hydrogen-bond acceptors (Lipinski definition) is 4. The Morgan fingerprint density at radius 2 is 0.645 bits per heavy atom. The van der Waals surface area contributed by atoms with Crippen molar-refractivity contribution in [3.8, 4) is 34.5 Å². The van der Waals surface area contributed by atoms with Gasteiger partial charge in [-0.2, -0.15) is 0 Å². The molecule has 0 saturated heterocycles. The van der Waals surface area contributed by atoms with Crippen molar-refractivity contribution in [2.75, 3.05) is 0 Å². The van der Waals surface area contributed by atoms with Crippen LogP contribution in [0.4, 0.5) is 8.78 Å². The van der Waals surface area contributed by atoms with Gasteiger partial charge in [-0.25, -0.2) is 8.78 Å². The molecule has 0 aromatic heterocycles. The van der Waals surface area contributed by atoms with Gasteiger partial charge in [-0.1, -0.05) is 0 Å². The van der Waals surface area contributed by atoms with Crippen molar-refractivity contribution < 1.29 is 27.6 Å². The highest BCUT2D eigenvalue weighted by atomic mass is 19.1. The maximum Gasteiger partial charge on any atom is 0.658 e. The molecule has 0 saturated carbocycles. The van der Waals surface area contributed by atoms with E-state index in [-0.39, 0.29) is 11.6 Å². The van der Waals surface area contributed by atoms with Crippen LogP contribution in [0, 0.1) is 11.6 Å². The summed E-state index contributed by atoms with van der Waals surface area (Å²) in [6.45, 7) is 0. The van der Waals surface area contributed by atoms with Gasteiger partial charge in [-0.15, -0.1) is 0 Å². The highest BCUT2D eigenvalue weighted by molar-refractivity contribution is 6.20.